The van der Waals surface area contributed by atoms with Crippen LogP contribution in [0.4, 0.5) is 22.0 Å². The number of nitrogens with one attached hydrogen (secondary N) is 1. The minimum Gasteiger partial charge on any atom is -0.486 e. The number of aromatic nitrogens is 1. The summed E-state index contributed by atoms with van der Waals surface area (Å²) in [5, 5.41) is 23.9. The third-order valence-electron chi connectivity index (χ3n) is 6.72. The van der Waals surface area contributed by atoms with Crippen molar-refractivity contribution in [2.45, 2.75) is 25.6 Å². The maximum absolute atomic E-state index is 14.1. The predicted octanol–water partition coefficient (Wildman–Crippen LogP) is 6.04. The number of rotatable bonds is 9. The van der Waals surface area contributed by atoms with Gasteiger partial charge in [0.1, 0.15) is 29.6 Å². The number of amides is 1. The van der Waals surface area contributed by atoms with Gasteiger partial charge in [-0.15, -0.1) is 22.7 Å². The number of thiophene rings is 1. The van der Waals surface area contributed by atoms with E-state index >= 15 is 0 Å². The standard InChI is InChI=1S/C27H25F2N3O4S2.C2HF3O2/c28-21-11-20(26-19(25(21)29)7-10-37-26)17-1-3-18(4-2-17)36-14-23-31-22(15-38-23)27(35)32(13-24(33)34)12-16-5-8-30-9-6-16;3-2(4,5)1(6)7/h1-4,7,10-11,15-16,30H,5-6,8-9,12-14H2,(H,33,34);(H,6,7). The lowest BCUT2D eigenvalue weighted by atomic mass is 9.97. The van der Waals surface area contributed by atoms with Crippen LogP contribution in [0.5, 0.6) is 5.75 Å². The summed E-state index contributed by atoms with van der Waals surface area (Å²) in [6.07, 6.45) is -3.29. The molecule has 0 bridgehead atoms. The van der Waals surface area contributed by atoms with Crippen LogP contribution in [0, 0.1) is 17.6 Å². The molecule has 0 spiro atoms. The summed E-state index contributed by atoms with van der Waals surface area (Å²) in [7, 11) is 0. The molecule has 4 aromatic rings. The van der Waals surface area contributed by atoms with Crippen LogP contribution in [0.15, 0.2) is 47.2 Å². The van der Waals surface area contributed by atoms with Crippen molar-refractivity contribution in [2.75, 3.05) is 26.2 Å². The van der Waals surface area contributed by atoms with Crippen molar-refractivity contribution < 1.29 is 51.3 Å². The number of carbonyl (C=O) groups excluding carboxylic acids is 1. The highest BCUT2D eigenvalue weighted by atomic mass is 32.1. The van der Waals surface area contributed by atoms with Crippen molar-refractivity contribution in [3.8, 4) is 16.9 Å². The van der Waals surface area contributed by atoms with Crippen molar-refractivity contribution in [1.82, 2.24) is 15.2 Å². The molecule has 1 aliphatic heterocycles. The molecule has 1 fully saturated rings. The van der Waals surface area contributed by atoms with Crippen LogP contribution < -0.4 is 10.1 Å². The van der Waals surface area contributed by atoms with E-state index in [9.17, 15) is 36.6 Å². The smallest absolute Gasteiger partial charge is 0.486 e. The molecule has 0 atom stereocenters. The number of thiazole rings is 1. The average Bonchev–Trinajstić information content (AvgIpc) is 3.68. The van der Waals surface area contributed by atoms with Crippen LogP contribution in [0.2, 0.25) is 0 Å². The molecule has 2 aromatic heterocycles. The van der Waals surface area contributed by atoms with Gasteiger partial charge in [0.2, 0.25) is 0 Å². The van der Waals surface area contributed by atoms with Crippen molar-refractivity contribution in [1.29, 1.82) is 0 Å². The molecular formula is C29H26F5N3O6S2. The van der Waals surface area contributed by atoms with Gasteiger partial charge in [-0.2, -0.15) is 13.2 Å². The Labute approximate surface area is 260 Å². The Hall–Kier alpha value is -4.15. The molecule has 0 radical (unpaired) electrons. The largest absolute Gasteiger partial charge is 0.490 e. The number of benzene rings is 2. The number of aliphatic carboxylic acids is 2. The third kappa shape index (κ3) is 8.95. The SMILES string of the molecule is O=C(O)C(F)(F)F.O=C(O)CN(CC1CCNCC1)C(=O)c1csc(COc2ccc(-c3cc(F)c(F)c4ccsc34)cc2)n1. The number of carboxylic acids is 2. The molecular weight excluding hydrogens is 645 g/mol. The van der Waals surface area contributed by atoms with Crippen molar-refractivity contribution in [3.63, 3.8) is 0 Å². The van der Waals surface area contributed by atoms with Gasteiger partial charge in [-0.1, -0.05) is 12.1 Å². The molecule has 0 aliphatic carbocycles. The van der Waals surface area contributed by atoms with Crippen LogP contribution in [-0.4, -0.2) is 70.3 Å². The summed E-state index contributed by atoms with van der Waals surface area (Å²) in [5.41, 5.74) is 1.55. The fourth-order valence-corrected chi connectivity index (χ4v) is 6.17. The first-order valence-electron chi connectivity index (χ1n) is 13.4. The second-order valence-electron chi connectivity index (χ2n) is 9.90. The molecule has 0 saturated carbocycles. The Balaban J connectivity index is 0.000000591. The van der Waals surface area contributed by atoms with E-state index in [2.05, 4.69) is 10.3 Å². The highest BCUT2D eigenvalue weighted by Crippen LogP contribution is 2.36. The molecule has 9 nitrogen and oxygen atoms in total. The van der Waals surface area contributed by atoms with Crippen LogP contribution in [-0.2, 0) is 16.2 Å². The Morgan fingerprint density at radius 3 is 2.33 bits per heavy atom. The van der Waals surface area contributed by atoms with Crippen LogP contribution in [0.1, 0.15) is 28.3 Å². The molecule has 1 amide bonds. The lowest BCUT2D eigenvalue weighted by Gasteiger charge is -2.28. The third-order valence-corrected chi connectivity index (χ3v) is 8.49. The molecule has 3 N–H and O–H groups in total. The zero-order valence-electron chi connectivity index (χ0n) is 23.3. The number of nitrogens with zero attached hydrogens (tertiary/aromatic N) is 2. The lowest BCUT2D eigenvalue weighted by molar-refractivity contribution is -0.192. The van der Waals surface area contributed by atoms with Gasteiger partial charge in [0, 0.05) is 27.6 Å². The van der Waals surface area contributed by atoms with E-state index in [-0.39, 0.29) is 30.1 Å². The average molecular weight is 672 g/mol. The first-order chi connectivity index (χ1) is 21.3. The number of carbonyl (C=O) groups is 3. The van der Waals surface area contributed by atoms with E-state index in [4.69, 9.17) is 14.6 Å². The zero-order chi connectivity index (χ0) is 32.7. The summed E-state index contributed by atoms with van der Waals surface area (Å²) >= 11 is 2.62. The second kappa shape index (κ2) is 14.8. The van der Waals surface area contributed by atoms with E-state index in [1.807, 2.05) is 0 Å². The maximum Gasteiger partial charge on any atom is 0.490 e. The van der Waals surface area contributed by atoms with E-state index in [0.717, 1.165) is 31.5 Å². The van der Waals surface area contributed by atoms with E-state index < -0.39 is 35.7 Å². The van der Waals surface area contributed by atoms with Gasteiger partial charge in [0.15, 0.2) is 11.6 Å². The molecule has 2 aromatic carbocycles. The first kappa shape index (κ1) is 33.7. The summed E-state index contributed by atoms with van der Waals surface area (Å²) < 4.78 is 66.4. The second-order valence-corrected chi connectivity index (χ2v) is 11.8. The van der Waals surface area contributed by atoms with Crippen LogP contribution in [0.25, 0.3) is 21.2 Å². The van der Waals surface area contributed by atoms with E-state index in [0.29, 0.717) is 27.6 Å². The maximum atomic E-state index is 14.1. The number of fused-ring (bicyclic) bond motifs is 1. The molecule has 45 heavy (non-hydrogen) atoms. The van der Waals surface area contributed by atoms with Crippen molar-refractivity contribution in [3.05, 3.63) is 69.5 Å². The van der Waals surface area contributed by atoms with E-state index in [1.165, 1.54) is 33.6 Å². The first-order valence-corrected chi connectivity index (χ1v) is 15.1. The number of halogens is 5. The molecule has 240 valence electrons. The number of hydrogen-bond donors (Lipinski definition) is 3. The number of piperidine rings is 1. The predicted molar refractivity (Wildman–Crippen MR) is 156 cm³/mol. The van der Waals surface area contributed by atoms with Crippen molar-refractivity contribution in [2.24, 2.45) is 5.92 Å². The van der Waals surface area contributed by atoms with Gasteiger partial charge < -0.3 is 25.2 Å². The number of ether oxygens (including phenoxy) is 1. The molecule has 0 unspecified atom stereocenters. The van der Waals surface area contributed by atoms with Crippen molar-refractivity contribution >= 4 is 50.6 Å². The number of alkyl halides is 3. The quantitative estimate of drug-likeness (QED) is 0.184. The molecule has 16 heteroatoms. The van der Waals surface area contributed by atoms with Gasteiger partial charge in [-0.05, 0) is 67.1 Å². The molecule has 1 aliphatic rings. The van der Waals surface area contributed by atoms with E-state index in [1.54, 1.807) is 41.1 Å². The summed E-state index contributed by atoms with van der Waals surface area (Å²) in [5.74, 6) is -5.14. The zero-order valence-corrected chi connectivity index (χ0v) is 24.9. The Morgan fingerprint density at radius 1 is 1.04 bits per heavy atom. The topological polar surface area (TPSA) is 129 Å². The number of hydrogen-bond acceptors (Lipinski definition) is 8. The molecule has 1 saturated heterocycles. The van der Waals surface area contributed by atoms with Gasteiger partial charge >= 0.3 is 18.1 Å². The Kier molecular flexibility index (Phi) is 11.1. The summed E-state index contributed by atoms with van der Waals surface area (Å²) in [6.45, 7) is 1.87. The van der Waals surface area contributed by atoms with Gasteiger partial charge in [-0.25, -0.2) is 18.6 Å². The van der Waals surface area contributed by atoms with Gasteiger partial charge in [0.25, 0.3) is 5.91 Å². The fraction of sp³-hybridized carbons (Fsp3) is 0.310. The van der Waals surface area contributed by atoms with Gasteiger partial charge in [0.05, 0.1) is 0 Å². The van der Waals surface area contributed by atoms with Gasteiger partial charge in [-0.3, -0.25) is 9.59 Å². The summed E-state index contributed by atoms with van der Waals surface area (Å²) in [6, 6.07) is 9.81. The minimum absolute atomic E-state index is 0.130. The number of carboxylic acid groups (broad SMARTS) is 2. The lowest BCUT2D eigenvalue weighted by Crippen LogP contribution is -2.42. The summed E-state index contributed by atoms with van der Waals surface area (Å²) in [4.78, 5) is 39.0. The highest BCUT2D eigenvalue weighted by Gasteiger charge is 2.38. The Morgan fingerprint density at radius 2 is 1.71 bits per heavy atom. The molecule has 3 heterocycles. The van der Waals surface area contributed by atoms with Crippen LogP contribution >= 0.6 is 22.7 Å². The monoisotopic (exact) mass is 671 g/mol. The van der Waals surface area contributed by atoms with Crippen LogP contribution in [0.3, 0.4) is 0 Å². The highest BCUT2D eigenvalue weighted by molar-refractivity contribution is 7.17. The minimum atomic E-state index is -5.08. The normalized spacial score (nSPS) is 13.6. The molecule has 5 rings (SSSR count). The Bertz CT molecular complexity index is 1650. The fourth-order valence-electron chi connectivity index (χ4n) is 4.56.